The lowest BCUT2D eigenvalue weighted by Crippen LogP contribution is -1.95. The predicted molar refractivity (Wildman–Crippen MR) is 67.9 cm³/mol. The van der Waals surface area contributed by atoms with Gasteiger partial charge in [0, 0.05) is 10.5 Å². The average Bonchev–Trinajstić information content (AvgIpc) is 2.35. The second-order valence-electron chi connectivity index (χ2n) is 3.40. The SMILES string of the molecule is Fc1cc(Br)cc(Oc2cccc(CCl)n2)c1F. The largest absolute Gasteiger partial charge is 0.436 e. The Morgan fingerprint density at radius 3 is 2.78 bits per heavy atom. The van der Waals surface area contributed by atoms with E-state index in [4.69, 9.17) is 16.3 Å². The number of alkyl halides is 1. The van der Waals surface area contributed by atoms with Gasteiger partial charge >= 0.3 is 0 Å². The fourth-order valence-corrected chi connectivity index (χ4v) is 1.87. The fraction of sp³-hybridized carbons (Fsp3) is 0.0833. The third kappa shape index (κ3) is 2.97. The van der Waals surface area contributed by atoms with Crippen molar-refractivity contribution in [3.63, 3.8) is 0 Å². The number of nitrogens with zero attached hydrogens (tertiary/aromatic N) is 1. The van der Waals surface area contributed by atoms with Crippen molar-refractivity contribution in [2.45, 2.75) is 5.88 Å². The Morgan fingerprint density at radius 2 is 2.06 bits per heavy atom. The lowest BCUT2D eigenvalue weighted by Gasteiger charge is -2.07. The highest BCUT2D eigenvalue weighted by Gasteiger charge is 2.12. The second kappa shape index (κ2) is 5.63. The van der Waals surface area contributed by atoms with Crippen molar-refractivity contribution in [2.75, 3.05) is 0 Å². The number of rotatable bonds is 3. The highest BCUT2D eigenvalue weighted by atomic mass is 79.9. The quantitative estimate of drug-likeness (QED) is 0.602. The first-order valence-electron chi connectivity index (χ1n) is 4.94. The van der Waals surface area contributed by atoms with E-state index in [0.717, 1.165) is 6.07 Å². The van der Waals surface area contributed by atoms with Crippen LogP contribution in [0.3, 0.4) is 0 Å². The number of hydrogen-bond acceptors (Lipinski definition) is 2. The zero-order valence-corrected chi connectivity index (χ0v) is 11.3. The van der Waals surface area contributed by atoms with Crippen molar-refractivity contribution >= 4 is 27.5 Å². The molecule has 2 nitrogen and oxygen atoms in total. The molecule has 1 aromatic carbocycles. The summed E-state index contributed by atoms with van der Waals surface area (Å²) in [6.45, 7) is 0. The Hall–Kier alpha value is -1.20. The van der Waals surface area contributed by atoms with E-state index >= 15 is 0 Å². The first kappa shape index (κ1) is 13.2. The second-order valence-corrected chi connectivity index (χ2v) is 4.59. The number of pyridine rings is 1. The van der Waals surface area contributed by atoms with E-state index < -0.39 is 11.6 Å². The van der Waals surface area contributed by atoms with Gasteiger partial charge in [0.1, 0.15) is 0 Å². The van der Waals surface area contributed by atoms with E-state index in [9.17, 15) is 8.78 Å². The topological polar surface area (TPSA) is 22.1 Å². The molecule has 0 aliphatic heterocycles. The van der Waals surface area contributed by atoms with Gasteiger partial charge in [0.2, 0.25) is 11.7 Å². The summed E-state index contributed by atoms with van der Waals surface area (Å²) in [5.74, 6) is -1.92. The molecule has 94 valence electrons. The minimum atomic E-state index is -1.06. The minimum absolute atomic E-state index is 0.157. The van der Waals surface area contributed by atoms with Gasteiger partial charge in [0.25, 0.3) is 0 Å². The van der Waals surface area contributed by atoms with Crippen LogP contribution >= 0.6 is 27.5 Å². The lowest BCUT2D eigenvalue weighted by molar-refractivity contribution is 0.404. The summed E-state index contributed by atoms with van der Waals surface area (Å²) in [5, 5.41) is 0. The molecule has 6 heteroatoms. The molecule has 1 aromatic heterocycles. The summed E-state index contributed by atoms with van der Waals surface area (Å²) in [6, 6.07) is 7.26. The van der Waals surface area contributed by atoms with Gasteiger partial charge in [-0.15, -0.1) is 11.6 Å². The highest BCUT2D eigenvalue weighted by molar-refractivity contribution is 9.10. The van der Waals surface area contributed by atoms with E-state index in [1.165, 1.54) is 12.1 Å². The van der Waals surface area contributed by atoms with Crippen LogP contribution in [0.15, 0.2) is 34.8 Å². The van der Waals surface area contributed by atoms with Crippen molar-refractivity contribution in [3.05, 3.63) is 52.1 Å². The molecular formula is C12H7BrClF2NO. The highest BCUT2D eigenvalue weighted by Crippen LogP contribution is 2.28. The zero-order valence-electron chi connectivity index (χ0n) is 8.96. The van der Waals surface area contributed by atoms with Crippen LogP contribution in [0.4, 0.5) is 8.78 Å². The zero-order chi connectivity index (χ0) is 13.1. The summed E-state index contributed by atoms with van der Waals surface area (Å²) >= 11 is 8.68. The smallest absolute Gasteiger partial charge is 0.219 e. The van der Waals surface area contributed by atoms with Crippen LogP contribution in [0.1, 0.15) is 5.69 Å². The van der Waals surface area contributed by atoms with Crippen LogP contribution in [0, 0.1) is 11.6 Å². The molecule has 2 rings (SSSR count). The Morgan fingerprint density at radius 1 is 1.28 bits per heavy atom. The monoisotopic (exact) mass is 333 g/mol. The summed E-state index contributed by atoms with van der Waals surface area (Å²) in [4.78, 5) is 4.03. The number of halogens is 4. The van der Waals surface area contributed by atoms with Crippen molar-refractivity contribution in [3.8, 4) is 11.6 Å². The van der Waals surface area contributed by atoms with Crippen LogP contribution in [0.5, 0.6) is 11.6 Å². The van der Waals surface area contributed by atoms with Crippen LogP contribution in [0.2, 0.25) is 0 Å². The molecule has 0 fully saturated rings. The number of benzene rings is 1. The fourth-order valence-electron chi connectivity index (χ4n) is 1.31. The molecule has 0 amide bonds. The Kier molecular flexibility index (Phi) is 4.14. The maximum Gasteiger partial charge on any atom is 0.219 e. The Balaban J connectivity index is 2.33. The Labute approximate surface area is 116 Å². The van der Waals surface area contributed by atoms with Gasteiger partial charge in [-0.2, -0.15) is 4.39 Å². The van der Waals surface area contributed by atoms with E-state index in [2.05, 4.69) is 20.9 Å². The van der Waals surface area contributed by atoms with E-state index in [0.29, 0.717) is 10.2 Å². The van der Waals surface area contributed by atoms with Gasteiger partial charge in [-0.1, -0.05) is 22.0 Å². The van der Waals surface area contributed by atoms with Crippen molar-refractivity contribution in [1.82, 2.24) is 4.98 Å². The summed E-state index contributed by atoms with van der Waals surface area (Å²) in [6.07, 6.45) is 0. The molecule has 0 saturated heterocycles. The summed E-state index contributed by atoms with van der Waals surface area (Å²) in [5.41, 5.74) is 0.588. The van der Waals surface area contributed by atoms with Crippen molar-refractivity contribution < 1.29 is 13.5 Å². The molecule has 0 aliphatic rings. The number of aromatic nitrogens is 1. The van der Waals surface area contributed by atoms with Gasteiger partial charge in [-0.3, -0.25) is 0 Å². The average molecular weight is 335 g/mol. The normalized spacial score (nSPS) is 10.4. The van der Waals surface area contributed by atoms with Crippen LogP contribution in [-0.2, 0) is 5.88 Å². The van der Waals surface area contributed by atoms with Gasteiger partial charge < -0.3 is 4.74 Å². The van der Waals surface area contributed by atoms with E-state index in [1.807, 2.05) is 0 Å². The standard InChI is InChI=1S/C12H7BrClF2NO/c13-7-4-9(15)12(16)10(5-7)18-11-3-1-2-8(6-14)17-11/h1-5H,6H2. The molecule has 2 aromatic rings. The molecule has 0 atom stereocenters. The molecule has 0 radical (unpaired) electrons. The molecule has 0 aliphatic carbocycles. The van der Waals surface area contributed by atoms with Crippen LogP contribution < -0.4 is 4.74 Å². The number of hydrogen-bond donors (Lipinski definition) is 0. The van der Waals surface area contributed by atoms with Crippen molar-refractivity contribution in [1.29, 1.82) is 0 Å². The molecule has 0 spiro atoms. The lowest BCUT2D eigenvalue weighted by atomic mass is 10.3. The van der Waals surface area contributed by atoms with Crippen molar-refractivity contribution in [2.24, 2.45) is 0 Å². The molecular weight excluding hydrogens is 327 g/mol. The van der Waals surface area contributed by atoms with E-state index in [-0.39, 0.29) is 17.5 Å². The first-order valence-corrected chi connectivity index (χ1v) is 6.27. The van der Waals surface area contributed by atoms with Gasteiger partial charge in [-0.05, 0) is 18.2 Å². The predicted octanol–water partition coefficient (Wildman–Crippen LogP) is 4.65. The summed E-state index contributed by atoms with van der Waals surface area (Å²) < 4.78 is 32.2. The Bertz CT molecular complexity index is 580. The van der Waals surface area contributed by atoms with Gasteiger partial charge in [0.05, 0.1) is 11.6 Å². The maximum atomic E-state index is 13.5. The van der Waals surface area contributed by atoms with Crippen LogP contribution in [0.25, 0.3) is 0 Å². The molecule has 18 heavy (non-hydrogen) atoms. The van der Waals surface area contributed by atoms with Gasteiger partial charge in [-0.25, -0.2) is 9.37 Å². The third-order valence-electron chi connectivity index (χ3n) is 2.09. The van der Waals surface area contributed by atoms with Gasteiger partial charge in [0.15, 0.2) is 11.6 Å². The molecule has 0 saturated carbocycles. The van der Waals surface area contributed by atoms with Crippen LogP contribution in [-0.4, -0.2) is 4.98 Å². The maximum absolute atomic E-state index is 13.5. The summed E-state index contributed by atoms with van der Waals surface area (Å²) in [7, 11) is 0. The molecule has 0 unspecified atom stereocenters. The minimum Gasteiger partial charge on any atom is -0.436 e. The molecule has 0 N–H and O–H groups in total. The number of ether oxygens (including phenoxy) is 1. The third-order valence-corrected chi connectivity index (χ3v) is 2.82. The molecule has 0 bridgehead atoms. The van der Waals surface area contributed by atoms with E-state index in [1.54, 1.807) is 12.1 Å². The first-order chi connectivity index (χ1) is 8.60. The molecule has 1 heterocycles.